The van der Waals surface area contributed by atoms with E-state index >= 15 is 0 Å². The number of halogens is 1. The maximum atomic E-state index is 5.06. The molecule has 1 aromatic rings. The van der Waals surface area contributed by atoms with Crippen molar-refractivity contribution in [1.29, 1.82) is 0 Å². The molecule has 0 N–H and O–H groups in total. The van der Waals surface area contributed by atoms with E-state index in [1.54, 1.807) is 7.11 Å². The molecule has 0 aromatic heterocycles. The van der Waals surface area contributed by atoms with Crippen molar-refractivity contribution in [1.82, 2.24) is 0 Å². The summed E-state index contributed by atoms with van der Waals surface area (Å²) >= 11 is 3.52. The van der Waals surface area contributed by atoms with Gasteiger partial charge in [0, 0.05) is 4.83 Å². The Morgan fingerprint density at radius 1 is 1.33 bits per heavy atom. The highest BCUT2D eigenvalue weighted by Gasteiger charge is 1.98. The van der Waals surface area contributed by atoms with Crippen molar-refractivity contribution in [3.05, 3.63) is 29.8 Å². The van der Waals surface area contributed by atoms with Gasteiger partial charge in [0.05, 0.1) is 7.11 Å². The summed E-state index contributed by atoms with van der Waals surface area (Å²) in [5, 5.41) is 0. The van der Waals surface area contributed by atoms with E-state index in [1.807, 2.05) is 12.1 Å². The third-order valence-electron chi connectivity index (χ3n) is 1.68. The van der Waals surface area contributed by atoms with E-state index in [0.29, 0.717) is 4.83 Å². The Morgan fingerprint density at radius 3 is 2.33 bits per heavy atom. The molecule has 1 aromatic carbocycles. The van der Waals surface area contributed by atoms with Crippen LogP contribution < -0.4 is 4.74 Å². The molecule has 0 aliphatic heterocycles. The van der Waals surface area contributed by atoms with Crippen LogP contribution in [0, 0.1) is 0 Å². The van der Waals surface area contributed by atoms with Gasteiger partial charge < -0.3 is 4.74 Å². The minimum Gasteiger partial charge on any atom is -0.497 e. The van der Waals surface area contributed by atoms with E-state index in [1.165, 1.54) is 5.56 Å². The highest BCUT2D eigenvalue weighted by atomic mass is 79.9. The summed E-state index contributed by atoms with van der Waals surface area (Å²) in [6, 6.07) is 8.17. The molecular formula is C10H13BrO. The molecule has 12 heavy (non-hydrogen) atoms. The summed E-state index contributed by atoms with van der Waals surface area (Å²) in [6.45, 7) is 2.14. The number of benzene rings is 1. The van der Waals surface area contributed by atoms with Crippen LogP contribution in [0.15, 0.2) is 24.3 Å². The van der Waals surface area contributed by atoms with Crippen molar-refractivity contribution in [2.24, 2.45) is 0 Å². The Bertz CT molecular complexity index is 228. The summed E-state index contributed by atoms with van der Waals surface area (Å²) in [4.78, 5) is 0.533. The molecule has 0 fully saturated rings. The van der Waals surface area contributed by atoms with Gasteiger partial charge >= 0.3 is 0 Å². The van der Waals surface area contributed by atoms with E-state index < -0.39 is 0 Å². The molecule has 0 saturated carbocycles. The van der Waals surface area contributed by atoms with Gasteiger partial charge in [0.2, 0.25) is 0 Å². The van der Waals surface area contributed by atoms with Crippen molar-refractivity contribution in [3.8, 4) is 5.75 Å². The number of ether oxygens (including phenoxy) is 1. The quantitative estimate of drug-likeness (QED) is 0.724. The molecule has 2 heteroatoms. The topological polar surface area (TPSA) is 9.23 Å². The lowest BCUT2D eigenvalue weighted by Crippen LogP contribution is -1.95. The number of rotatable bonds is 3. The van der Waals surface area contributed by atoms with Crippen LogP contribution in [0.2, 0.25) is 0 Å². The fraction of sp³-hybridized carbons (Fsp3) is 0.400. The van der Waals surface area contributed by atoms with Crippen molar-refractivity contribution in [2.45, 2.75) is 18.2 Å². The van der Waals surface area contributed by atoms with Gasteiger partial charge in [-0.25, -0.2) is 0 Å². The summed E-state index contributed by atoms with van der Waals surface area (Å²) in [5.41, 5.74) is 1.33. The van der Waals surface area contributed by atoms with Gasteiger partial charge in [-0.2, -0.15) is 0 Å². The Kier molecular flexibility index (Phi) is 3.60. The molecular weight excluding hydrogens is 216 g/mol. The normalized spacial score (nSPS) is 12.6. The third-order valence-corrected chi connectivity index (χ3v) is 2.00. The Labute approximate surface area is 81.9 Å². The van der Waals surface area contributed by atoms with Crippen LogP contribution in [-0.4, -0.2) is 11.9 Å². The van der Waals surface area contributed by atoms with Crippen LogP contribution in [0.3, 0.4) is 0 Å². The minimum absolute atomic E-state index is 0.533. The molecule has 0 aliphatic rings. The number of alkyl halides is 1. The van der Waals surface area contributed by atoms with Crippen molar-refractivity contribution in [2.75, 3.05) is 7.11 Å². The van der Waals surface area contributed by atoms with Gasteiger partial charge in [-0.1, -0.05) is 35.0 Å². The van der Waals surface area contributed by atoms with E-state index in [-0.39, 0.29) is 0 Å². The summed E-state index contributed by atoms with van der Waals surface area (Å²) in [7, 11) is 1.68. The average Bonchev–Trinajstić information content (AvgIpc) is 2.05. The lowest BCUT2D eigenvalue weighted by Gasteiger charge is -2.04. The van der Waals surface area contributed by atoms with E-state index in [2.05, 4.69) is 35.0 Å². The maximum absolute atomic E-state index is 5.06. The molecule has 0 aliphatic carbocycles. The second-order valence-corrected chi connectivity index (χ2v) is 4.40. The van der Waals surface area contributed by atoms with Gasteiger partial charge in [-0.05, 0) is 24.1 Å². The number of methoxy groups -OCH3 is 1. The molecule has 1 atom stereocenters. The SMILES string of the molecule is COc1ccc(C[C@H](C)Br)cc1. The van der Waals surface area contributed by atoms with Crippen LogP contribution in [-0.2, 0) is 6.42 Å². The molecule has 0 radical (unpaired) electrons. The maximum Gasteiger partial charge on any atom is 0.118 e. The molecule has 0 amide bonds. The third kappa shape index (κ3) is 2.86. The van der Waals surface area contributed by atoms with Crippen molar-refractivity contribution < 1.29 is 4.74 Å². The predicted molar refractivity (Wildman–Crippen MR) is 55.1 cm³/mol. The molecule has 0 unspecified atom stereocenters. The summed E-state index contributed by atoms with van der Waals surface area (Å²) in [5.74, 6) is 0.918. The van der Waals surface area contributed by atoms with E-state index in [4.69, 9.17) is 4.74 Å². The van der Waals surface area contributed by atoms with E-state index in [0.717, 1.165) is 12.2 Å². The Hall–Kier alpha value is -0.500. The van der Waals surface area contributed by atoms with Gasteiger partial charge in [-0.15, -0.1) is 0 Å². The lowest BCUT2D eigenvalue weighted by atomic mass is 10.1. The highest BCUT2D eigenvalue weighted by molar-refractivity contribution is 9.09. The molecule has 0 heterocycles. The Morgan fingerprint density at radius 2 is 1.92 bits per heavy atom. The molecule has 0 spiro atoms. The van der Waals surface area contributed by atoms with Crippen LogP contribution in [0.4, 0.5) is 0 Å². The molecule has 66 valence electrons. The summed E-state index contributed by atoms with van der Waals surface area (Å²) in [6.07, 6.45) is 1.06. The van der Waals surface area contributed by atoms with Crippen LogP contribution >= 0.6 is 15.9 Å². The first-order chi connectivity index (χ1) is 5.72. The van der Waals surface area contributed by atoms with Gasteiger partial charge in [-0.3, -0.25) is 0 Å². The predicted octanol–water partition coefficient (Wildman–Crippen LogP) is 3.02. The molecule has 0 bridgehead atoms. The van der Waals surface area contributed by atoms with Gasteiger partial charge in [0.1, 0.15) is 5.75 Å². The van der Waals surface area contributed by atoms with Gasteiger partial charge in [0.15, 0.2) is 0 Å². The highest BCUT2D eigenvalue weighted by Crippen LogP contribution is 2.14. The largest absolute Gasteiger partial charge is 0.497 e. The smallest absolute Gasteiger partial charge is 0.118 e. The zero-order valence-electron chi connectivity index (χ0n) is 7.38. The zero-order chi connectivity index (χ0) is 8.97. The average molecular weight is 229 g/mol. The van der Waals surface area contributed by atoms with Crippen molar-refractivity contribution >= 4 is 15.9 Å². The molecule has 1 nitrogen and oxygen atoms in total. The number of hydrogen-bond acceptors (Lipinski definition) is 1. The number of hydrogen-bond donors (Lipinski definition) is 0. The first-order valence-electron chi connectivity index (χ1n) is 3.99. The van der Waals surface area contributed by atoms with Crippen LogP contribution in [0.5, 0.6) is 5.75 Å². The van der Waals surface area contributed by atoms with Crippen LogP contribution in [0.1, 0.15) is 12.5 Å². The standard InChI is InChI=1S/C10H13BrO/c1-8(11)7-9-3-5-10(12-2)6-4-9/h3-6,8H,7H2,1-2H3/t8-/m0/s1. The zero-order valence-corrected chi connectivity index (χ0v) is 8.97. The Balaban J connectivity index is 2.65. The minimum atomic E-state index is 0.533. The molecule has 0 saturated heterocycles. The van der Waals surface area contributed by atoms with Crippen LogP contribution in [0.25, 0.3) is 0 Å². The van der Waals surface area contributed by atoms with Gasteiger partial charge in [0.25, 0.3) is 0 Å². The summed E-state index contributed by atoms with van der Waals surface area (Å²) < 4.78 is 5.06. The first kappa shape index (κ1) is 9.59. The monoisotopic (exact) mass is 228 g/mol. The van der Waals surface area contributed by atoms with Crippen molar-refractivity contribution in [3.63, 3.8) is 0 Å². The molecule has 1 rings (SSSR count). The second-order valence-electron chi connectivity index (χ2n) is 2.83. The van der Waals surface area contributed by atoms with E-state index in [9.17, 15) is 0 Å². The lowest BCUT2D eigenvalue weighted by molar-refractivity contribution is 0.414. The fourth-order valence-corrected chi connectivity index (χ4v) is 1.46. The fourth-order valence-electron chi connectivity index (χ4n) is 1.09. The second kappa shape index (κ2) is 4.51. The first-order valence-corrected chi connectivity index (χ1v) is 4.91.